The molecular weight excluding hydrogens is 348 g/mol. The molecule has 0 saturated heterocycles. The normalized spacial score (nSPS) is 14.5. The highest BCUT2D eigenvalue weighted by Crippen LogP contribution is 2.21. The van der Waals surface area contributed by atoms with E-state index >= 15 is 0 Å². The van der Waals surface area contributed by atoms with Crippen molar-refractivity contribution in [2.24, 2.45) is 0 Å². The number of rotatable bonds is 8. The maximum Gasteiger partial charge on any atom is 0.230 e. The molecule has 1 N–H and O–H groups in total. The van der Waals surface area contributed by atoms with Crippen LogP contribution < -0.4 is 10.1 Å². The second-order valence-electron chi connectivity index (χ2n) is 6.51. The van der Waals surface area contributed by atoms with E-state index in [4.69, 9.17) is 4.74 Å². The van der Waals surface area contributed by atoms with Crippen molar-refractivity contribution in [3.05, 3.63) is 35.7 Å². The van der Waals surface area contributed by atoms with E-state index in [-0.39, 0.29) is 5.91 Å². The molecule has 0 bridgehead atoms. The second kappa shape index (κ2) is 9.07. The summed E-state index contributed by atoms with van der Waals surface area (Å²) in [6.07, 6.45) is 5.36. The number of hydrogen-bond acceptors (Lipinski definition) is 5. The lowest BCUT2D eigenvalue weighted by molar-refractivity contribution is -0.119. The van der Waals surface area contributed by atoms with E-state index in [1.54, 1.807) is 7.11 Å². The fraction of sp³-hybridized carbons (Fsp3) is 0.526. The summed E-state index contributed by atoms with van der Waals surface area (Å²) in [5.41, 5.74) is 1.16. The van der Waals surface area contributed by atoms with Crippen LogP contribution in [0.1, 0.15) is 44.0 Å². The fourth-order valence-electron chi connectivity index (χ4n) is 3.27. The smallest absolute Gasteiger partial charge is 0.230 e. The minimum atomic E-state index is 0.0873. The van der Waals surface area contributed by atoms with Gasteiger partial charge in [0.05, 0.1) is 12.9 Å². The SMILES string of the molecule is CCn1c(Cc2ccc(OC)cc2)nnc1SCC(=O)NC1CCCC1. The van der Waals surface area contributed by atoms with Crippen LogP contribution in [0.5, 0.6) is 5.75 Å². The first-order valence-electron chi connectivity index (χ1n) is 9.16. The third kappa shape index (κ3) is 4.78. The predicted molar refractivity (Wildman–Crippen MR) is 103 cm³/mol. The van der Waals surface area contributed by atoms with Gasteiger partial charge in [0, 0.05) is 19.0 Å². The largest absolute Gasteiger partial charge is 0.497 e. The lowest BCUT2D eigenvalue weighted by atomic mass is 10.1. The Bertz CT molecular complexity index is 724. The Hall–Kier alpha value is -2.02. The zero-order valence-corrected chi connectivity index (χ0v) is 16.2. The summed E-state index contributed by atoms with van der Waals surface area (Å²) in [5, 5.41) is 12.5. The Balaban J connectivity index is 1.58. The van der Waals surface area contributed by atoms with Crippen LogP contribution >= 0.6 is 11.8 Å². The highest BCUT2D eigenvalue weighted by Gasteiger charge is 2.18. The van der Waals surface area contributed by atoms with Crippen LogP contribution in [0.4, 0.5) is 0 Å². The number of carbonyl (C=O) groups excluding carboxylic acids is 1. The van der Waals surface area contributed by atoms with Crippen LogP contribution in [0, 0.1) is 0 Å². The van der Waals surface area contributed by atoms with E-state index in [2.05, 4.69) is 27.0 Å². The monoisotopic (exact) mass is 374 g/mol. The van der Waals surface area contributed by atoms with E-state index in [1.807, 2.05) is 24.3 Å². The van der Waals surface area contributed by atoms with E-state index < -0.39 is 0 Å². The number of methoxy groups -OCH3 is 1. The average Bonchev–Trinajstić information content (AvgIpc) is 3.30. The van der Waals surface area contributed by atoms with Crippen LogP contribution in [0.3, 0.4) is 0 Å². The van der Waals surface area contributed by atoms with Crippen molar-refractivity contribution in [3.8, 4) is 5.75 Å². The van der Waals surface area contributed by atoms with Crippen molar-refractivity contribution in [2.45, 2.75) is 56.8 Å². The van der Waals surface area contributed by atoms with Crippen LogP contribution in [0.2, 0.25) is 0 Å². The van der Waals surface area contributed by atoms with Crippen molar-refractivity contribution >= 4 is 17.7 Å². The van der Waals surface area contributed by atoms with Crippen molar-refractivity contribution in [3.63, 3.8) is 0 Å². The Morgan fingerprint density at radius 2 is 2.00 bits per heavy atom. The third-order valence-electron chi connectivity index (χ3n) is 4.68. The van der Waals surface area contributed by atoms with Gasteiger partial charge in [-0.05, 0) is 37.5 Å². The third-order valence-corrected chi connectivity index (χ3v) is 5.65. The molecule has 1 fully saturated rings. The molecule has 1 saturated carbocycles. The number of thioether (sulfide) groups is 1. The molecule has 0 atom stereocenters. The number of nitrogens with one attached hydrogen (secondary N) is 1. The second-order valence-corrected chi connectivity index (χ2v) is 7.45. The van der Waals surface area contributed by atoms with E-state index in [0.717, 1.165) is 41.7 Å². The molecule has 0 unspecified atom stereocenters. The quantitative estimate of drug-likeness (QED) is 0.719. The number of amides is 1. The molecule has 0 spiro atoms. The number of ether oxygens (including phenoxy) is 1. The fourth-order valence-corrected chi connectivity index (χ4v) is 4.10. The maximum absolute atomic E-state index is 12.1. The van der Waals surface area contributed by atoms with Gasteiger partial charge in [-0.25, -0.2) is 0 Å². The first-order chi connectivity index (χ1) is 12.7. The molecule has 1 aromatic heterocycles. The Kier molecular flexibility index (Phi) is 6.55. The van der Waals surface area contributed by atoms with Gasteiger partial charge in [-0.3, -0.25) is 4.79 Å². The minimum Gasteiger partial charge on any atom is -0.497 e. The van der Waals surface area contributed by atoms with Gasteiger partial charge in [0.15, 0.2) is 5.16 Å². The van der Waals surface area contributed by atoms with Crippen molar-refractivity contribution in [1.82, 2.24) is 20.1 Å². The molecule has 2 aromatic rings. The van der Waals surface area contributed by atoms with E-state index in [9.17, 15) is 4.79 Å². The summed E-state index contributed by atoms with van der Waals surface area (Å²) in [6.45, 7) is 2.86. The number of nitrogens with zero attached hydrogens (tertiary/aromatic N) is 3. The highest BCUT2D eigenvalue weighted by molar-refractivity contribution is 7.99. The van der Waals surface area contributed by atoms with Crippen LogP contribution in [0.25, 0.3) is 0 Å². The predicted octanol–water partition coefficient (Wildman–Crippen LogP) is 3.05. The van der Waals surface area contributed by atoms with Gasteiger partial charge in [0.2, 0.25) is 5.91 Å². The number of aromatic nitrogens is 3. The molecular formula is C19H26N4O2S. The topological polar surface area (TPSA) is 69.0 Å². The maximum atomic E-state index is 12.1. The summed E-state index contributed by atoms with van der Waals surface area (Å²) in [7, 11) is 1.66. The molecule has 7 heteroatoms. The Morgan fingerprint density at radius 1 is 1.27 bits per heavy atom. The molecule has 1 amide bonds. The molecule has 6 nitrogen and oxygen atoms in total. The summed E-state index contributed by atoms with van der Waals surface area (Å²) >= 11 is 1.46. The summed E-state index contributed by atoms with van der Waals surface area (Å²) in [6, 6.07) is 8.33. The van der Waals surface area contributed by atoms with Gasteiger partial charge >= 0.3 is 0 Å². The van der Waals surface area contributed by atoms with Gasteiger partial charge in [-0.2, -0.15) is 0 Å². The lowest BCUT2D eigenvalue weighted by Gasteiger charge is -2.11. The first-order valence-corrected chi connectivity index (χ1v) is 10.1. The van der Waals surface area contributed by atoms with Gasteiger partial charge < -0.3 is 14.6 Å². The minimum absolute atomic E-state index is 0.0873. The summed E-state index contributed by atoms with van der Waals surface area (Å²) in [4.78, 5) is 12.1. The average molecular weight is 375 g/mol. The molecule has 1 aliphatic rings. The number of benzene rings is 1. The van der Waals surface area contributed by atoms with Gasteiger partial charge in [0.25, 0.3) is 0 Å². The lowest BCUT2D eigenvalue weighted by Crippen LogP contribution is -2.33. The Morgan fingerprint density at radius 3 is 2.65 bits per heavy atom. The Labute approximate surface area is 158 Å². The van der Waals surface area contributed by atoms with Crippen molar-refractivity contribution in [1.29, 1.82) is 0 Å². The molecule has 1 aliphatic carbocycles. The zero-order valence-electron chi connectivity index (χ0n) is 15.4. The number of carbonyl (C=O) groups is 1. The molecule has 1 aromatic carbocycles. The number of hydrogen-bond donors (Lipinski definition) is 1. The molecule has 0 aliphatic heterocycles. The summed E-state index contributed by atoms with van der Waals surface area (Å²) in [5.74, 6) is 2.23. The molecule has 140 valence electrons. The van der Waals surface area contributed by atoms with Crippen LogP contribution in [-0.4, -0.2) is 39.6 Å². The van der Waals surface area contributed by atoms with Gasteiger partial charge in [-0.15, -0.1) is 10.2 Å². The van der Waals surface area contributed by atoms with Crippen molar-refractivity contribution in [2.75, 3.05) is 12.9 Å². The summed E-state index contributed by atoms with van der Waals surface area (Å²) < 4.78 is 7.28. The van der Waals surface area contributed by atoms with Crippen molar-refractivity contribution < 1.29 is 9.53 Å². The molecule has 3 rings (SSSR count). The standard InChI is InChI=1S/C19H26N4O2S/c1-3-23-17(12-14-8-10-16(25-2)11-9-14)21-22-19(23)26-13-18(24)20-15-6-4-5-7-15/h8-11,15H,3-7,12-13H2,1-2H3,(H,20,24). The van der Waals surface area contributed by atoms with Crippen LogP contribution in [0.15, 0.2) is 29.4 Å². The van der Waals surface area contributed by atoms with Gasteiger partial charge in [0.1, 0.15) is 11.6 Å². The van der Waals surface area contributed by atoms with E-state index in [1.165, 1.54) is 24.6 Å². The van der Waals surface area contributed by atoms with Crippen LogP contribution in [-0.2, 0) is 17.8 Å². The highest BCUT2D eigenvalue weighted by atomic mass is 32.2. The van der Waals surface area contributed by atoms with E-state index in [0.29, 0.717) is 18.2 Å². The molecule has 1 heterocycles. The zero-order chi connectivity index (χ0) is 18.4. The molecule has 0 radical (unpaired) electrons. The first kappa shape index (κ1) is 18.8. The molecule has 26 heavy (non-hydrogen) atoms. The van der Waals surface area contributed by atoms with Gasteiger partial charge in [-0.1, -0.05) is 36.7 Å².